The molecule has 0 aliphatic carbocycles. The van der Waals surface area contributed by atoms with E-state index in [1.165, 1.54) is 24.3 Å². The molecule has 0 aromatic heterocycles. The van der Waals surface area contributed by atoms with Crippen molar-refractivity contribution in [1.82, 2.24) is 5.32 Å². The molecule has 2 aromatic carbocycles. The molecule has 2 N–H and O–H groups in total. The van der Waals surface area contributed by atoms with Crippen molar-refractivity contribution in [2.75, 3.05) is 6.26 Å². The monoisotopic (exact) mass is 413 g/mol. The SMILES string of the molecule is CS(=O)(=O)c1ccc(C(NC(=O)C(F)(F)F)=C(C(=O)O)c2ccccc2)cc1. The molecule has 0 fully saturated rings. The Morgan fingerprint density at radius 2 is 1.46 bits per heavy atom. The highest BCUT2D eigenvalue weighted by molar-refractivity contribution is 7.90. The van der Waals surface area contributed by atoms with Crippen LogP contribution in [-0.4, -0.2) is 37.8 Å². The number of aliphatic carboxylic acids is 1. The molecular formula is C18H14F3NO5S. The van der Waals surface area contributed by atoms with Crippen LogP contribution in [0.25, 0.3) is 11.3 Å². The molecule has 6 nitrogen and oxygen atoms in total. The summed E-state index contributed by atoms with van der Waals surface area (Å²) in [6, 6.07) is 11.7. The molecule has 0 spiro atoms. The van der Waals surface area contributed by atoms with Gasteiger partial charge in [0, 0.05) is 6.26 Å². The average molecular weight is 413 g/mol. The maximum Gasteiger partial charge on any atom is 0.471 e. The molecule has 1 amide bonds. The van der Waals surface area contributed by atoms with Crippen molar-refractivity contribution < 1.29 is 36.3 Å². The first kappa shape index (κ1) is 21.2. The molecule has 0 radical (unpaired) electrons. The lowest BCUT2D eigenvalue weighted by molar-refractivity contribution is -0.172. The predicted octanol–water partition coefficient (Wildman–Crippen LogP) is 2.72. The Morgan fingerprint density at radius 3 is 1.89 bits per heavy atom. The van der Waals surface area contributed by atoms with Crippen LogP contribution in [0.2, 0.25) is 0 Å². The van der Waals surface area contributed by atoms with Crippen LogP contribution in [0.15, 0.2) is 59.5 Å². The quantitative estimate of drug-likeness (QED) is 0.580. The maximum absolute atomic E-state index is 12.8. The zero-order valence-electron chi connectivity index (χ0n) is 14.3. The van der Waals surface area contributed by atoms with Gasteiger partial charge in [-0.1, -0.05) is 42.5 Å². The summed E-state index contributed by atoms with van der Waals surface area (Å²) in [7, 11) is -3.58. The van der Waals surface area contributed by atoms with Crippen molar-refractivity contribution in [3.8, 4) is 0 Å². The topological polar surface area (TPSA) is 101 Å². The first-order valence-corrected chi connectivity index (χ1v) is 9.52. The van der Waals surface area contributed by atoms with Crippen molar-refractivity contribution in [1.29, 1.82) is 0 Å². The Morgan fingerprint density at radius 1 is 0.929 bits per heavy atom. The zero-order chi connectivity index (χ0) is 21.1. The number of hydrogen-bond acceptors (Lipinski definition) is 4. The van der Waals surface area contributed by atoms with E-state index in [2.05, 4.69) is 0 Å². The standard InChI is InChI=1S/C18H14F3NO5S/c1-28(26,27)13-9-7-12(8-10-13)15(22-17(25)18(19,20)21)14(16(23)24)11-5-3-2-4-6-11/h2-10H,1H3,(H,22,25)(H,23,24). The minimum Gasteiger partial charge on any atom is -0.478 e. The number of sulfone groups is 1. The predicted molar refractivity (Wildman–Crippen MR) is 94.6 cm³/mol. The number of nitrogens with one attached hydrogen (secondary N) is 1. The molecule has 0 unspecified atom stereocenters. The van der Waals surface area contributed by atoms with Crippen LogP contribution in [0.3, 0.4) is 0 Å². The number of benzene rings is 2. The summed E-state index contributed by atoms with van der Waals surface area (Å²) in [6.07, 6.45) is -4.31. The first-order valence-electron chi connectivity index (χ1n) is 7.63. The van der Waals surface area contributed by atoms with E-state index in [1.807, 2.05) is 0 Å². The van der Waals surface area contributed by atoms with Gasteiger partial charge in [0.05, 0.1) is 16.2 Å². The third-order valence-corrected chi connectivity index (χ3v) is 4.72. The number of carbonyl (C=O) groups is 2. The Balaban J connectivity index is 2.72. The number of alkyl halides is 3. The summed E-state index contributed by atoms with van der Waals surface area (Å²) in [5.74, 6) is -3.93. The first-order chi connectivity index (χ1) is 12.9. The molecule has 0 saturated carbocycles. The van der Waals surface area contributed by atoms with Crippen molar-refractivity contribution >= 4 is 33.0 Å². The average Bonchev–Trinajstić information content (AvgIpc) is 2.60. The number of carboxylic acid groups (broad SMARTS) is 1. The molecular weight excluding hydrogens is 399 g/mol. The molecule has 0 atom stereocenters. The summed E-state index contributed by atoms with van der Waals surface area (Å²) in [5, 5.41) is 11.2. The Kier molecular flexibility index (Phi) is 5.93. The van der Waals surface area contributed by atoms with Crippen LogP contribution in [0.1, 0.15) is 11.1 Å². The third-order valence-electron chi connectivity index (χ3n) is 3.59. The van der Waals surface area contributed by atoms with Gasteiger partial charge in [0.2, 0.25) is 0 Å². The van der Waals surface area contributed by atoms with Crippen molar-refractivity contribution in [2.24, 2.45) is 0 Å². The normalized spacial score (nSPS) is 12.9. The Bertz CT molecular complexity index is 1030. The molecule has 0 bridgehead atoms. The fourth-order valence-corrected chi connectivity index (χ4v) is 2.94. The number of rotatable bonds is 5. The van der Waals surface area contributed by atoms with Gasteiger partial charge in [0.25, 0.3) is 0 Å². The molecule has 2 aromatic rings. The summed E-state index contributed by atoms with van der Waals surface area (Å²) in [4.78, 5) is 23.1. The lowest BCUT2D eigenvalue weighted by atomic mass is 9.99. The van der Waals surface area contributed by atoms with Gasteiger partial charge in [-0.15, -0.1) is 0 Å². The fourth-order valence-electron chi connectivity index (χ4n) is 2.31. The van der Waals surface area contributed by atoms with Crippen LogP contribution in [0.4, 0.5) is 13.2 Å². The van der Waals surface area contributed by atoms with E-state index in [0.717, 1.165) is 30.5 Å². The van der Waals surface area contributed by atoms with Gasteiger partial charge < -0.3 is 10.4 Å². The highest BCUT2D eigenvalue weighted by Gasteiger charge is 2.40. The molecule has 2 rings (SSSR count). The van der Waals surface area contributed by atoms with Crippen LogP contribution in [0.5, 0.6) is 0 Å². The molecule has 148 valence electrons. The Hall–Kier alpha value is -3.14. The van der Waals surface area contributed by atoms with Crippen LogP contribution in [0, 0.1) is 0 Å². The van der Waals surface area contributed by atoms with Gasteiger partial charge in [0.1, 0.15) is 0 Å². The fraction of sp³-hybridized carbons (Fsp3) is 0.111. The van der Waals surface area contributed by atoms with Gasteiger partial charge in [-0.2, -0.15) is 13.2 Å². The second-order valence-corrected chi connectivity index (χ2v) is 7.69. The maximum atomic E-state index is 12.8. The lowest BCUT2D eigenvalue weighted by Gasteiger charge is -2.16. The summed E-state index contributed by atoms with van der Waals surface area (Å²) in [5.41, 5.74) is -1.24. The van der Waals surface area contributed by atoms with E-state index in [4.69, 9.17) is 0 Å². The molecule has 28 heavy (non-hydrogen) atoms. The van der Waals surface area contributed by atoms with E-state index < -0.39 is 39.2 Å². The Labute approximate surface area is 158 Å². The molecule has 0 saturated heterocycles. The van der Waals surface area contributed by atoms with E-state index in [9.17, 15) is 36.3 Å². The summed E-state index contributed by atoms with van der Waals surface area (Å²) < 4.78 is 61.4. The van der Waals surface area contributed by atoms with Crippen molar-refractivity contribution in [3.05, 3.63) is 65.7 Å². The van der Waals surface area contributed by atoms with Crippen LogP contribution >= 0.6 is 0 Å². The second-order valence-electron chi connectivity index (χ2n) is 5.67. The number of halogens is 3. The van der Waals surface area contributed by atoms with Crippen LogP contribution in [-0.2, 0) is 19.4 Å². The van der Waals surface area contributed by atoms with Gasteiger partial charge in [0.15, 0.2) is 9.84 Å². The molecule has 0 aliphatic rings. The van der Waals surface area contributed by atoms with Crippen LogP contribution < -0.4 is 5.32 Å². The van der Waals surface area contributed by atoms with Gasteiger partial charge in [-0.3, -0.25) is 4.79 Å². The van der Waals surface area contributed by atoms with Gasteiger partial charge in [-0.25, -0.2) is 13.2 Å². The van der Waals surface area contributed by atoms with E-state index in [0.29, 0.717) is 0 Å². The number of carboxylic acids is 1. The third kappa shape index (κ3) is 4.97. The molecule has 0 aliphatic heterocycles. The van der Waals surface area contributed by atoms with E-state index in [-0.39, 0.29) is 16.0 Å². The van der Waals surface area contributed by atoms with Crippen molar-refractivity contribution in [3.63, 3.8) is 0 Å². The highest BCUT2D eigenvalue weighted by Crippen LogP contribution is 2.27. The molecule has 0 heterocycles. The summed E-state index contributed by atoms with van der Waals surface area (Å²) >= 11 is 0. The number of amides is 1. The van der Waals surface area contributed by atoms with Gasteiger partial charge >= 0.3 is 18.1 Å². The highest BCUT2D eigenvalue weighted by atomic mass is 32.2. The molecule has 10 heteroatoms. The largest absolute Gasteiger partial charge is 0.478 e. The zero-order valence-corrected chi connectivity index (χ0v) is 15.1. The van der Waals surface area contributed by atoms with Crippen molar-refractivity contribution in [2.45, 2.75) is 11.1 Å². The van der Waals surface area contributed by atoms with E-state index in [1.54, 1.807) is 11.4 Å². The lowest BCUT2D eigenvalue weighted by Crippen LogP contribution is -2.36. The smallest absolute Gasteiger partial charge is 0.471 e. The second kappa shape index (κ2) is 7.85. The minimum absolute atomic E-state index is 0.0552. The number of hydrogen-bond donors (Lipinski definition) is 2. The van der Waals surface area contributed by atoms with Gasteiger partial charge in [-0.05, 0) is 23.3 Å². The number of carbonyl (C=O) groups excluding carboxylic acids is 1. The minimum atomic E-state index is -5.25. The van der Waals surface area contributed by atoms with E-state index >= 15 is 0 Å². The summed E-state index contributed by atoms with van der Waals surface area (Å²) in [6.45, 7) is 0.